The van der Waals surface area contributed by atoms with Crippen LogP contribution in [0.1, 0.15) is 36.5 Å². The first-order chi connectivity index (χ1) is 11.9. The van der Waals surface area contributed by atoms with Crippen LogP contribution < -0.4 is 10.5 Å². The van der Waals surface area contributed by atoms with E-state index in [-0.39, 0.29) is 12.4 Å². The summed E-state index contributed by atoms with van der Waals surface area (Å²) < 4.78 is 6.24. The van der Waals surface area contributed by atoms with Gasteiger partial charge < -0.3 is 15.3 Å². The van der Waals surface area contributed by atoms with E-state index in [0.29, 0.717) is 17.2 Å². The third-order valence-electron chi connectivity index (χ3n) is 3.56. The molecule has 0 bridgehead atoms. The van der Waals surface area contributed by atoms with E-state index >= 15 is 0 Å². The lowest BCUT2D eigenvalue weighted by atomic mass is 10.0. The lowest BCUT2D eigenvalue weighted by Gasteiger charge is -2.10. The fourth-order valence-electron chi connectivity index (χ4n) is 2.03. The fourth-order valence-corrected chi connectivity index (χ4v) is 2.54. The Kier molecular flexibility index (Phi) is 6.58. The predicted octanol–water partition coefficient (Wildman–Crippen LogP) is 4.12. The molecule has 0 spiro atoms. The molecule has 0 aromatic heterocycles. The number of nitrogens with zero attached hydrogens (tertiary/aromatic N) is 1. The highest BCUT2D eigenvalue weighted by Gasteiger charge is 2.09. The Hall–Kier alpha value is -2.34. The molecule has 5 nitrogen and oxygen atoms in total. The normalized spacial score (nSPS) is 11.5. The van der Waals surface area contributed by atoms with E-state index in [0.717, 1.165) is 10.0 Å². The molecule has 0 saturated carbocycles. The summed E-state index contributed by atoms with van der Waals surface area (Å²) >= 11 is 3.44. The first-order valence-corrected chi connectivity index (χ1v) is 8.68. The Morgan fingerprint density at radius 1 is 1.20 bits per heavy atom. The predicted molar refractivity (Wildman–Crippen MR) is 102 cm³/mol. The number of oxime groups is 1. The Morgan fingerprint density at radius 2 is 1.88 bits per heavy atom. The van der Waals surface area contributed by atoms with Crippen LogP contribution in [0.3, 0.4) is 0 Å². The Balaban J connectivity index is 1.90. The molecule has 0 aliphatic carbocycles. The summed E-state index contributed by atoms with van der Waals surface area (Å²) in [5.74, 6) is 0.483. The van der Waals surface area contributed by atoms with Gasteiger partial charge in [0.15, 0.2) is 12.4 Å². The molecule has 0 saturated heterocycles. The number of carbonyl (C=O) groups is 1. The first-order valence-electron chi connectivity index (χ1n) is 7.89. The van der Waals surface area contributed by atoms with Gasteiger partial charge in [-0.2, -0.15) is 0 Å². The van der Waals surface area contributed by atoms with Crippen LogP contribution in [-0.4, -0.2) is 18.4 Å². The van der Waals surface area contributed by atoms with Crippen LogP contribution >= 0.6 is 15.9 Å². The van der Waals surface area contributed by atoms with E-state index in [4.69, 9.17) is 15.3 Å². The van der Waals surface area contributed by atoms with Gasteiger partial charge in [0.25, 0.3) is 0 Å². The number of benzene rings is 2. The highest BCUT2D eigenvalue weighted by atomic mass is 79.9. The van der Waals surface area contributed by atoms with E-state index < -0.39 is 5.97 Å². The van der Waals surface area contributed by atoms with E-state index in [2.05, 4.69) is 34.9 Å². The van der Waals surface area contributed by atoms with Crippen LogP contribution in [0.2, 0.25) is 0 Å². The lowest BCUT2D eigenvalue weighted by molar-refractivity contribution is -0.146. The fraction of sp³-hybridized carbons (Fsp3) is 0.263. The van der Waals surface area contributed by atoms with E-state index in [9.17, 15) is 4.79 Å². The monoisotopic (exact) mass is 404 g/mol. The maximum absolute atomic E-state index is 11.8. The molecule has 2 rings (SSSR count). The third kappa shape index (κ3) is 5.60. The largest absolute Gasteiger partial charge is 0.481 e. The number of halogens is 1. The molecule has 0 aliphatic heterocycles. The van der Waals surface area contributed by atoms with E-state index in [1.165, 1.54) is 5.56 Å². The Morgan fingerprint density at radius 3 is 2.48 bits per heavy atom. The summed E-state index contributed by atoms with van der Waals surface area (Å²) in [4.78, 5) is 16.6. The zero-order chi connectivity index (χ0) is 18.4. The molecule has 0 unspecified atom stereocenters. The van der Waals surface area contributed by atoms with Gasteiger partial charge in [0.2, 0.25) is 0 Å². The average Bonchev–Trinajstić information content (AvgIpc) is 2.59. The van der Waals surface area contributed by atoms with Gasteiger partial charge >= 0.3 is 5.97 Å². The molecule has 6 heteroatoms. The van der Waals surface area contributed by atoms with Crippen LogP contribution in [0.5, 0.6) is 5.75 Å². The number of hydrogen-bond donors (Lipinski definition) is 1. The number of nitrogens with two attached hydrogens (primary N) is 1. The van der Waals surface area contributed by atoms with Crippen molar-refractivity contribution in [3.63, 3.8) is 0 Å². The third-order valence-corrected chi connectivity index (χ3v) is 4.18. The topological polar surface area (TPSA) is 73.9 Å². The second-order valence-electron chi connectivity index (χ2n) is 5.94. The maximum atomic E-state index is 11.8. The van der Waals surface area contributed by atoms with Crippen molar-refractivity contribution in [1.82, 2.24) is 0 Å². The second kappa shape index (κ2) is 8.67. The van der Waals surface area contributed by atoms with Crippen molar-refractivity contribution in [3.8, 4) is 5.75 Å². The summed E-state index contributed by atoms with van der Waals surface area (Å²) in [7, 11) is 0. The molecule has 0 aliphatic rings. The van der Waals surface area contributed by atoms with Gasteiger partial charge in [-0.05, 0) is 46.5 Å². The first kappa shape index (κ1) is 19.0. The maximum Gasteiger partial charge on any atom is 0.372 e. The Bertz CT molecular complexity index is 771. The van der Waals surface area contributed by atoms with Gasteiger partial charge in [0.05, 0.1) is 4.47 Å². The highest BCUT2D eigenvalue weighted by molar-refractivity contribution is 9.10. The molecule has 2 aromatic carbocycles. The van der Waals surface area contributed by atoms with Crippen LogP contribution in [0.15, 0.2) is 52.1 Å². The minimum Gasteiger partial charge on any atom is -0.481 e. The number of ether oxygens (including phenoxy) is 1. The number of carbonyl (C=O) groups excluding carboxylic acids is 1. The number of hydrogen-bond acceptors (Lipinski definition) is 4. The minimum absolute atomic E-state index is 0.135. The van der Waals surface area contributed by atoms with Crippen molar-refractivity contribution < 1.29 is 14.4 Å². The number of amidine groups is 1. The van der Waals surface area contributed by atoms with Crippen molar-refractivity contribution in [1.29, 1.82) is 0 Å². The number of rotatable bonds is 6. The van der Waals surface area contributed by atoms with Crippen LogP contribution in [0.4, 0.5) is 0 Å². The summed E-state index contributed by atoms with van der Waals surface area (Å²) in [6.07, 6.45) is 0. The number of aryl methyl sites for hydroxylation is 1. The van der Waals surface area contributed by atoms with Gasteiger partial charge in [0.1, 0.15) is 5.75 Å². The molecular formula is C19H21BrN2O3. The van der Waals surface area contributed by atoms with Crippen LogP contribution in [0.25, 0.3) is 0 Å². The zero-order valence-electron chi connectivity index (χ0n) is 14.5. The van der Waals surface area contributed by atoms with E-state index in [1.807, 2.05) is 49.4 Å². The lowest BCUT2D eigenvalue weighted by Crippen LogP contribution is -2.18. The molecule has 25 heavy (non-hydrogen) atoms. The zero-order valence-corrected chi connectivity index (χ0v) is 16.0. The molecule has 0 radical (unpaired) electrons. The summed E-state index contributed by atoms with van der Waals surface area (Å²) in [5.41, 5.74) is 8.77. The van der Waals surface area contributed by atoms with Crippen LogP contribution in [-0.2, 0) is 9.63 Å². The van der Waals surface area contributed by atoms with E-state index in [1.54, 1.807) is 0 Å². The SMILES string of the molecule is Cc1ccc(C(N)=NOC(=O)COc2ccc(C(C)C)cc2Br)cc1. The molecular weight excluding hydrogens is 384 g/mol. The van der Waals surface area contributed by atoms with Crippen molar-refractivity contribution >= 4 is 27.7 Å². The van der Waals surface area contributed by atoms with Gasteiger partial charge in [-0.3, -0.25) is 0 Å². The molecule has 0 amide bonds. The van der Waals surface area contributed by atoms with Crippen molar-refractivity contribution in [2.75, 3.05) is 6.61 Å². The highest BCUT2D eigenvalue weighted by Crippen LogP contribution is 2.28. The van der Waals surface area contributed by atoms with Gasteiger partial charge in [-0.25, -0.2) is 4.79 Å². The second-order valence-corrected chi connectivity index (χ2v) is 6.79. The van der Waals surface area contributed by atoms with Crippen molar-refractivity contribution in [2.45, 2.75) is 26.7 Å². The quantitative estimate of drug-likeness (QED) is 0.340. The van der Waals surface area contributed by atoms with Gasteiger partial charge in [0, 0.05) is 5.56 Å². The molecule has 2 aromatic rings. The van der Waals surface area contributed by atoms with Gasteiger partial charge in [-0.15, -0.1) is 0 Å². The molecule has 2 N–H and O–H groups in total. The van der Waals surface area contributed by atoms with Crippen molar-refractivity contribution in [3.05, 3.63) is 63.6 Å². The molecule has 0 atom stereocenters. The minimum atomic E-state index is -0.630. The Labute approximate surface area is 155 Å². The summed E-state index contributed by atoms with van der Waals surface area (Å²) in [6.45, 7) is 5.93. The summed E-state index contributed by atoms with van der Waals surface area (Å²) in [5, 5.41) is 3.65. The average molecular weight is 405 g/mol. The van der Waals surface area contributed by atoms with Gasteiger partial charge in [-0.1, -0.05) is 54.9 Å². The summed E-state index contributed by atoms with van der Waals surface area (Å²) in [6, 6.07) is 13.2. The molecule has 0 fully saturated rings. The van der Waals surface area contributed by atoms with Crippen LogP contribution in [0, 0.1) is 6.92 Å². The standard InChI is InChI=1S/C19H21BrN2O3/c1-12(2)15-8-9-17(16(20)10-15)24-11-18(23)25-22-19(21)14-6-4-13(3)5-7-14/h4-10,12H,11H2,1-3H3,(H2,21,22). The molecule has 132 valence electrons. The van der Waals surface area contributed by atoms with Crippen molar-refractivity contribution in [2.24, 2.45) is 10.9 Å². The smallest absolute Gasteiger partial charge is 0.372 e. The molecule has 0 heterocycles.